The predicted molar refractivity (Wildman–Crippen MR) is 191 cm³/mol. The van der Waals surface area contributed by atoms with Crippen LogP contribution >= 0.6 is 0 Å². The summed E-state index contributed by atoms with van der Waals surface area (Å²) in [6, 6.07) is 24.7. The van der Waals surface area contributed by atoms with Crippen LogP contribution in [0.1, 0.15) is 5.56 Å². The first-order valence-corrected chi connectivity index (χ1v) is 27.6. The van der Waals surface area contributed by atoms with Crippen LogP contribution in [-0.4, -0.2) is 32.3 Å². The number of hydrogen-bond acceptors (Lipinski definition) is 1. The molecule has 0 saturated carbocycles. The first kappa shape index (κ1) is 46.9. The van der Waals surface area contributed by atoms with Gasteiger partial charge in [0.05, 0.1) is 32.3 Å². The molecule has 0 bridgehead atoms. The molecule has 0 atom stereocenters. The summed E-state index contributed by atoms with van der Waals surface area (Å²) in [5.74, 6) is 2.51. The molecule has 0 spiro atoms. The molecule has 3 aromatic rings. The Labute approximate surface area is 289 Å². The number of rotatable bonds is 2. The molecule has 41 heavy (non-hydrogen) atoms. The largest absolute Gasteiger partial charge is 2.00 e. The van der Waals surface area contributed by atoms with Gasteiger partial charge in [0.15, 0.2) is 0 Å². The van der Waals surface area contributed by atoms with Gasteiger partial charge in [-0.1, -0.05) is 96.6 Å². The molecule has 0 unspecified atom stereocenters. The van der Waals surface area contributed by atoms with E-state index < -0.39 is 32.3 Å². The van der Waals surface area contributed by atoms with Gasteiger partial charge < -0.3 is 36.6 Å². The Kier molecular flexibility index (Phi) is 25.7. The molecule has 3 rings (SSSR count). The van der Waals surface area contributed by atoms with E-state index in [0.717, 1.165) is 10.5 Å². The van der Waals surface area contributed by atoms with Crippen LogP contribution in [0.5, 0.6) is 0 Å². The zero-order valence-electron chi connectivity index (χ0n) is 27.2. The molecule has 0 nitrogen and oxygen atoms in total. The summed E-state index contributed by atoms with van der Waals surface area (Å²) in [4.78, 5) is 0.828. The Hall–Kier alpha value is -1.08. The van der Waals surface area contributed by atoms with Gasteiger partial charge >= 0.3 is 38.8 Å². The van der Waals surface area contributed by atoms with Crippen LogP contribution in [0.4, 0.5) is 0 Å². The molecular weight excluding hydrogens is 664 g/mol. The molecule has 7 heteroatoms. The van der Waals surface area contributed by atoms with E-state index in [4.69, 9.17) is 31.9 Å². The van der Waals surface area contributed by atoms with Gasteiger partial charge in [-0.25, -0.2) is 24.3 Å². The first-order chi connectivity index (χ1) is 17.7. The van der Waals surface area contributed by atoms with Crippen LogP contribution in [0.3, 0.4) is 0 Å². The normalized spacial score (nSPS) is 10.1. The summed E-state index contributed by atoms with van der Waals surface area (Å²) in [6.45, 7) is 26.7. The quantitative estimate of drug-likeness (QED) is 0.111. The Balaban J connectivity index is -0.000000209. The van der Waals surface area contributed by atoms with E-state index in [1.807, 2.05) is 24.3 Å². The zero-order valence-corrected chi connectivity index (χ0v) is 34.5. The second kappa shape index (κ2) is 22.5. The molecule has 0 N–H and O–H groups in total. The molecule has 0 fully saturated rings. The minimum absolute atomic E-state index is 0. The number of hydrogen-bond donors (Lipinski definition) is 0. The maximum absolute atomic E-state index is 6.67. The second-order valence-electron chi connectivity index (χ2n) is 13.3. The molecule has 0 heterocycles. The van der Waals surface area contributed by atoms with Crippen molar-refractivity contribution in [1.29, 1.82) is 0 Å². The fraction of sp³-hybridized carbons (Fsp3) is 0.353. The molecule has 0 aromatic heterocycles. The van der Waals surface area contributed by atoms with E-state index in [-0.39, 0.29) is 38.8 Å². The van der Waals surface area contributed by atoms with Crippen molar-refractivity contribution in [1.82, 2.24) is 0 Å². The van der Waals surface area contributed by atoms with Crippen molar-refractivity contribution in [2.75, 3.05) is 0 Å². The van der Waals surface area contributed by atoms with Crippen LogP contribution < -0.4 is 10.4 Å². The van der Waals surface area contributed by atoms with E-state index in [2.05, 4.69) is 144 Å². The predicted octanol–water partition coefficient (Wildman–Crippen LogP) is 8.38. The fourth-order valence-corrected chi connectivity index (χ4v) is 4.82. The SMILES string of the molecule is C#Cc1ccc([S-])cc1.C[Si](C)(C)c1ccc[cH-]1.C[Si](C)(C)c1ccc[cH-]1.[C-]#C[Si](C)(C)C.[C-]#C[Si](C)(C)C.[Cu+].[Ti+2]. The van der Waals surface area contributed by atoms with Crippen molar-refractivity contribution in [2.45, 2.75) is 83.5 Å². The van der Waals surface area contributed by atoms with Gasteiger partial charge in [0.25, 0.3) is 0 Å². The van der Waals surface area contributed by atoms with Gasteiger partial charge in [0.2, 0.25) is 0 Å². The van der Waals surface area contributed by atoms with Gasteiger partial charge in [0, 0.05) is 5.56 Å². The van der Waals surface area contributed by atoms with Crippen molar-refractivity contribution in [3.8, 4) is 23.4 Å². The Morgan fingerprint density at radius 1 is 0.634 bits per heavy atom. The Morgan fingerprint density at radius 2 is 0.927 bits per heavy atom. The van der Waals surface area contributed by atoms with E-state index in [9.17, 15) is 0 Å². The van der Waals surface area contributed by atoms with E-state index in [1.165, 1.54) is 0 Å². The topological polar surface area (TPSA) is 0 Å². The van der Waals surface area contributed by atoms with Crippen LogP contribution in [0.2, 0.25) is 78.6 Å². The van der Waals surface area contributed by atoms with Crippen LogP contribution in [0.15, 0.2) is 77.7 Å². The molecule has 0 amide bonds. The molecule has 0 aliphatic heterocycles. The van der Waals surface area contributed by atoms with E-state index in [0.29, 0.717) is 0 Å². The maximum atomic E-state index is 6.67. The average molecular weight is 714 g/mol. The summed E-state index contributed by atoms with van der Waals surface area (Å²) >= 11 is 4.85. The van der Waals surface area contributed by atoms with Crippen LogP contribution in [-0.2, 0) is 51.4 Å². The van der Waals surface area contributed by atoms with Crippen LogP contribution in [0.25, 0.3) is 0 Å². The van der Waals surface area contributed by atoms with E-state index in [1.54, 1.807) is 10.4 Å². The second-order valence-corrected chi connectivity index (χ2v) is 33.4. The van der Waals surface area contributed by atoms with Gasteiger partial charge in [0.1, 0.15) is 0 Å². The first-order valence-electron chi connectivity index (χ1n) is 13.2. The molecule has 0 aliphatic rings. The Morgan fingerprint density at radius 3 is 1.07 bits per heavy atom. The standard InChI is InChI=1S/C8H6S.2C8H13Si.2C5H9Si.Cu.Ti/c1-2-7-3-5-8(9)6-4-7;2*1-9(2,3)8-6-4-5-7-8;2*1-5-6(2,3)4;;/h1,3-6,9H;2*4-7H,1-3H3;2*2-4H3;;/q;4*-1;+1;+2/p-1. The molecule has 224 valence electrons. The van der Waals surface area contributed by atoms with Crippen molar-refractivity contribution < 1.29 is 38.8 Å². The van der Waals surface area contributed by atoms with Gasteiger partial charge in [-0.3, -0.25) is 0 Å². The van der Waals surface area contributed by atoms with Crippen molar-refractivity contribution in [3.63, 3.8) is 0 Å². The van der Waals surface area contributed by atoms with Crippen molar-refractivity contribution in [2.24, 2.45) is 0 Å². The molecule has 0 aliphatic carbocycles. The summed E-state index contributed by atoms with van der Waals surface area (Å²) in [6.07, 6.45) is 18.4. The summed E-state index contributed by atoms with van der Waals surface area (Å²) in [7, 11) is -4.39. The molecular formula is C34H49CuSSi4Ti-2. The number of terminal acetylenes is 1. The number of benzene rings is 1. The van der Waals surface area contributed by atoms with Gasteiger partial charge in [-0.15, -0.1) is 6.42 Å². The smallest absolute Gasteiger partial charge is 0.780 e. The minimum atomic E-state index is -1.21. The zero-order chi connectivity index (χ0) is 30.9. The summed E-state index contributed by atoms with van der Waals surface area (Å²) < 4.78 is 0. The van der Waals surface area contributed by atoms with E-state index >= 15 is 0 Å². The summed E-state index contributed by atoms with van der Waals surface area (Å²) in [5.41, 5.74) is 5.86. The average Bonchev–Trinajstić information content (AvgIpc) is 3.54. The monoisotopic (exact) mass is 712 g/mol. The van der Waals surface area contributed by atoms with Gasteiger partial charge in [-0.05, 0) is 12.1 Å². The van der Waals surface area contributed by atoms with Gasteiger partial charge in [-0.2, -0.15) is 39.5 Å². The Bertz CT molecular complexity index is 1080. The molecule has 0 radical (unpaired) electrons. The minimum Gasteiger partial charge on any atom is -0.780 e. The third kappa shape index (κ3) is 28.8. The van der Waals surface area contributed by atoms with Crippen molar-refractivity contribution in [3.05, 3.63) is 91.2 Å². The molecule has 0 saturated heterocycles. The van der Waals surface area contributed by atoms with Crippen molar-refractivity contribution >= 4 is 55.3 Å². The maximum Gasteiger partial charge on any atom is 2.00 e. The third-order valence-electron chi connectivity index (χ3n) is 4.83. The fourth-order valence-electron chi connectivity index (χ4n) is 2.30. The molecule has 3 aromatic carbocycles. The third-order valence-corrected chi connectivity index (χ3v) is 10.7. The van der Waals surface area contributed by atoms with Crippen LogP contribution in [0, 0.1) is 36.3 Å². The summed E-state index contributed by atoms with van der Waals surface area (Å²) in [5, 5.41) is 3.12.